The maximum absolute atomic E-state index is 13.0. The molecule has 1 aliphatic heterocycles. The Bertz CT molecular complexity index is 813. The first-order valence-electron chi connectivity index (χ1n) is 10.3. The molecule has 1 heterocycles. The maximum atomic E-state index is 13.0. The van der Waals surface area contributed by atoms with Crippen LogP contribution in [-0.2, 0) is 19.1 Å². The summed E-state index contributed by atoms with van der Waals surface area (Å²) in [7, 11) is 3.05. The fraction of sp³-hybridized carbons (Fsp3) is 0.545. The predicted molar refractivity (Wildman–Crippen MR) is 112 cm³/mol. The summed E-state index contributed by atoms with van der Waals surface area (Å²) in [5, 5.41) is 23.0. The van der Waals surface area contributed by atoms with E-state index in [0.29, 0.717) is 11.3 Å². The van der Waals surface area contributed by atoms with Gasteiger partial charge in [0.1, 0.15) is 18.0 Å². The number of rotatable bonds is 10. The van der Waals surface area contributed by atoms with Crippen LogP contribution in [0, 0.1) is 0 Å². The molecule has 3 N–H and O–H groups in total. The number of para-hydroxylation sites is 1. The van der Waals surface area contributed by atoms with Gasteiger partial charge in [0.2, 0.25) is 11.8 Å². The SMILES string of the molecule is COCCC(=O)N(CCOC)[C@@H]1C=C(C(=O)NCCO)[C@@H]2c3ccccc3O[C@@H]2[C@H]1O. The summed E-state index contributed by atoms with van der Waals surface area (Å²) >= 11 is 0. The van der Waals surface area contributed by atoms with Gasteiger partial charge in [-0.3, -0.25) is 9.59 Å². The molecule has 2 amide bonds. The molecule has 170 valence electrons. The normalized spacial score (nSPS) is 23.9. The number of carbonyl (C=O) groups is 2. The number of aliphatic hydroxyl groups excluding tert-OH is 2. The minimum absolute atomic E-state index is 0.101. The third-order valence-electron chi connectivity index (χ3n) is 5.61. The molecule has 0 spiro atoms. The third kappa shape index (κ3) is 4.90. The summed E-state index contributed by atoms with van der Waals surface area (Å²) in [4.78, 5) is 27.4. The molecule has 1 aromatic rings. The van der Waals surface area contributed by atoms with Gasteiger partial charge in [0.15, 0.2) is 0 Å². The maximum Gasteiger partial charge on any atom is 0.247 e. The van der Waals surface area contributed by atoms with E-state index in [4.69, 9.17) is 19.3 Å². The molecule has 2 aliphatic rings. The molecule has 0 unspecified atom stereocenters. The van der Waals surface area contributed by atoms with Crippen molar-refractivity contribution in [3.8, 4) is 5.75 Å². The van der Waals surface area contributed by atoms with Crippen molar-refractivity contribution in [3.05, 3.63) is 41.5 Å². The van der Waals surface area contributed by atoms with Gasteiger partial charge in [0.25, 0.3) is 0 Å². The smallest absolute Gasteiger partial charge is 0.247 e. The Hall–Kier alpha value is -2.46. The fourth-order valence-electron chi connectivity index (χ4n) is 4.15. The zero-order valence-electron chi connectivity index (χ0n) is 17.8. The van der Waals surface area contributed by atoms with E-state index in [-0.39, 0.29) is 51.1 Å². The van der Waals surface area contributed by atoms with Crippen LogP contribution in [0.3, 0.4) is 0 Å². The van der Waals surface area contributed by atoms with Crippen LogP contribution in [-0.4, -0.2) is 92.3 Å². The van der Waals surface area contributed by atoms with Crippen molar-refractivity contribution < 1.29 is 34.0 Å². The monoisotopic (exact) mass is 434 g/mol. The van der Waals surface area contributed by atoms with E-state index in [0.717, 1.165) is 5.56 Å². The van der Waals surface area contributed by atoms with Gasteiger partial charge in [-0.2, -0.15) is 0 Å². The molecular formula is C22H30N2O7. The van der Waals surface area contributed by atoms with Gasteiger partial charge in [-0.25, -0.2) is 0 Å². The molecule has 0 fully saturated rings. The summed E-state index contributed by atoms with van der Waals surface area (Å²) < 4.78 is 16.2. The van der Waals surface area contributed by atoms with E-state index < -0.39 is 24.2 Å². The third-order valence-corrected chi connectivity index (χ3v) is 5.61. The lowest BCUT2D eigenvalue weighted by Crippen LogP contribution is -2.56. The van der Waals surface area contributed by atoms with Gasteiger partial charge < -0.3 is 34.6 Å². The first-order valence-corrected chi connectivity index (χ1v) is 10.3. The van der Waals surface area contributed by atoms with E-state index in [9.17, 15) is 14.7 Å². The number of ether oxygens (including phenoxy) is 3. The number of carbonyl (C=O) groups excluding carboxylic acids is 2. The lowest BCUT2D eigenvalue weighted by Gasteiger charge is -2.40. The molecule has 0 radical (unpaired) electrons. The van der Waals surface area contributed by atoms with Gasteiger partial charge in [0.05, 0.1) is 38.2 Å². The zero-order valence-corrected chi connectivity index (χ0v) is 17.8. The first kappa shape index (κ1) is 23.2. The fourth-order valence-corrected chi connectivity index (χ4v) is 4.15. The molecule has 0 saturated carbocycles. The van der Waals surface area contributed by atoms with Gasteiger partial charge in [0, 0.05) is 38.4 Å². The molecule has 9 nitrogen and oxygen atoms in total. The highest BCUT2D eigenvalue weighted by atomic mass is 16.5. The van der Waals surface area contributed by atoms with Crippen molar-refractivity contribution in [3.63, 3.8) is 0 Å². The number of nitrogens with one attached hydrogen (secondary N) is 1. The largest absolute Gasteiger partial charge is 0.486 e. The Morgan fingerprint density at radius 2 is 1.94 bits per heavy atom. The Balaban J connectivity index is 1.99. The lowest BCUT2D eigenvalue weighted by molar-refractivity contribution is -0.138. The van der Waals surface area contributed by atoms with E-state index in [1.54, 1.807) is 12.1 Å². The zero-order chi connectivity index (χ0) is 22.4. The van der Waals surface area contributed by atoms with Crippen LogP contribution in [0.1, 0.15) is 17.9 Å². The standard InChI is InChI=1S/C22H30N2O7/c1-29-11-7-18(26)24(9-12-30-2)16-13-15(22(28)23-8-10-25)19-14-5-3-4-6-17(14)31-21(19)20(16)27/h3-6,13,16,19-21,25,27H,7-12H2,1-2H3,(H,23,28)/t16-,19+,20+,21+/m1/s1. The predicted octanol–water partition coefficient (Wildman–Crippen LogP) is -0.179. The van der Waals surface area contributed by atoms with Gasteiger partial charge in [-0.1, -0.05) is 18.2 Å². The Morgan fingerprint density at radius 3 is 2.65 bits per heavy atom. The molecule has 4 atom stereocenters. The molecule has 0 saturated heterocycles. The summed E-state index contributed by atoms with van der Waals surface area (Å²) in [6.45, 7) is 0.669. The topological polar surface area (TPSA) is 118 Å². The molecule has 0 bridgehead atoms. The van der Waals surface area contributed by atoms with Gasteiger partial charge in [-0.05, 0) is 12.1 Å². The van der Waals surface area contributed by atoms with Crippen LogP contribution in [0.25, 0.3) is 0 Å². The summed E-state index contributed by atoms with van der Waals surface area (Å²) in [6, 6.07) is 6.57. The van der Waals surface area contributed by atoms with Crippen LogP contribution in [0.15, 0.2) is 35.9 Å². The highest BCUT2D eigenvalue weighted by Crippen LogP contribution is 2.47. The number of hydrogen-bond acceptors (Lipinski definition) is 7. The molecular weight excluding hydrogens is 404 g/mol. The summed E-state index contributed by atoms with van der Waals surface area (Å²) in [5.41, 5.74) is 1.21. The molecule has 1 aliphatic carbocycles. The molecule has 9 heteroatoms. The van der Waals surface area contributed by atoms with Crippen molar-refractivity contribution in [2.45, 2.75) is 30.6 Å². The number of amides is 2. The van der Waals surface area contributed by atoms with Crippen molar-refractivity contribution in [2.75, 3.05) is 47.1 Å². The van der Waals surface area contributed by atoms with Crippen molar-refractivity contribution in [1.82, 2.24) is 10.2 Å². The molecule has 3 rings (SSSR count). The average molecular weight is 434 g/mol. The number of aliphatic hydroxyl groups is 2. The number of nitrogens with zero attached hydrogens (tertiary/aromatic N) is 1. The van der Waals surface area contributed by atoms with Crippen LogP contribution in [0.4, 0.5) is 0 Å². The van der Waals surface area contributed by atoms with E-state index in [1.165, 1.54) is 19.1 Å². The minimum Gasteiger partial charge on any atom is -0.486 e. The van der Waals surface area contributed by atoms with Gasteiger partial charge >= 0.3 is 0 Å². The minimum atomic E-state index is -1.05. The van der Waals surface area contributed by atoms with Gasteiger partial charge in [-0.15, -0.1) is 0 Å². The van der Waals surface area contributed by atoms with Crippen molar-refractivity contribution in [1.29, 1.82) is 0 Å². The second-order valence-electron chi connectivity index (χ2n) is 7.50. The van der Waals surface area contributed by atoms with Crippen LogP contribution in [0.5, 0.6) is 5.75 Å². The number of methoxy groups -OCH3 is 2. The van der Waals surface area contributed by atoms with E-state index in [1.807, 2.05) is 18.2 Å². The second kappa shape index (κ2) is 10.7. The van der Waals surface area contributed by atoms with Crippen molar-refractivity contribution in [2.24, 2.45) is 0 Å². The van der Waals surface area contributed by atoms with Crippen LogP contribution in [0.2, 0.25) is 0 Å². The number of hydrogen-bond donors (Lipinski definition) is 3. The average Bonchev–Trinajstić information content (AvgIpc) is 3.17. The lowest BCUT2D eigenvalue weighted by atomic mass is 9.77. The quantitative estimate of drug-likeness (QED) is 0.468. The molecule has 1 aromatic carbocycles. The molecule has 31 heavy (non-hydrogen) atoms. The number of benzene rings is 1. The molecule has 0 aromatic heterocycles. The summed E-state index contributed by atoms with van der Waals surface area (Å²) in [6.07, 6.45) is 0.0146. The van der Waals surface area contributed by atoms with Crippen molar-refractivity contribution >= 4 is 11.8 Å². The van der Waals surface area contributed by atoms with E-state index in [2.05, 4.69) is 5.32 Å². The van der Waals surface area contributed by atoms with E-state index >= 15 is 0 Å². The highest BCUT2D eigenvalue weighted by molar-refractivity contribution is 5.96. The Morgan fingerprint density at radius 1 is 1.19 bits per heavy atom. The Labute approximate surface area is 181 Å². The second-order valence-corrected chi connectivity index (χ2v) is 7.50. The van der Waals surface area contributed by atoms with Crippen LogP contribution >= 0.6 is 0 Å². The highest BCUT2D eigenvalue weighted by Gasteiger charge is 2.50. The summed E-state index contributed by atoms with van der Waals surface area (Å²) in [5.74, 6) is -0.452. The van der Waals surface area contributed by atoms with Crippen LogP contribution < -0.4 is 10.1 Å². The Kier molecular flexibility index (Phi) is 8.03. The first-order chi connectivity index (χ1) is 15.0. The number of fused-ring (bicyclic) bond motifs is 3.